The van der Waals surface area contributed by atoms with Crippen LogP contribution in [0.1, 0.15) is 27.3 Å². The lowest BCUT2D eigenvalue weighted by Crippen LogP contribution is -2.23. The third-order valence-corrected chi connectivity index (χ3v) is 4.99. The fourth-order valence-electron chi connectivity index (χ4n) is 2.78. The number of thiazole rings is 1. The topological polar surface area (TPSA) is 63.5 Å². The van der Waals surface area contributed by atoms with Gasteiger partial charge in [0.1, 0.15) is 5.69 Å². The average molecular weight is 311 g/mol. The second kappa shape index (κ2) is 5.06. The zero-order chi connectivity index (χ0) is 15.1. The summed E-state index contributed by atoms with van der Waals surface area (Å²) in [6.45, 7) is 0. The highest BCUT2D eigenvalue weighted by atomic mass is 32.1. The predicted molar refractivity (Wildman–Crippen MR) is 85.8 cm³/mol. The highest BCUT2D eigenvalue weighted by Gasteiger charge is 2.21. The van der Waals surface area contributed by atoms with Crippen molar-refractivity contribution < 1.29 is 4.79 Å². The number of hydrogen-bond acceptors (Lipinski definition) is 4. The largest absolute Gasteiger partial charge is 0.316 e. The standard InChI is InChI=1S/C16H13N3O2S/c20-14(10-5-2-1-3-6-10)18-11-9-17-16-19(15(11)21)12-7-4-8-13(12)22-16/h1-3,5-6,9H,4,7-8H2,(H,18,20). The Morgan fingerprint density at radius 3 is 2.86 bits per heavy atom. The van der Waals surface area contributed by atoms with Crippen molar-refractivity contribution in [2.45, 2.75) is 19.3 Å². The van der Waals surface area contributed by atoms with Crippen molar-refractivity contribution in [2.24, 2.45) is 0 Å². The summed E-state index contributed by atoms with van der Waals surface area (Å²) < 4.78 is 1.65. The number of nitrogens with one attached hydrogen (secondary N) is 1. The van der Waals surface area contributed by atoms with Gasteiger partial charge in [-0.1, -0.05) is 18.2 Å². The first-order valence-corrected chi connectivity index (χ1v) is 7.94. The summed E-state index contributed by atoms with van der Waals surface area (Å²) in [7, 11) is 0. The van der Waals surface area contributed by atoms with Gasteiger partial charge in [-0.3, -0.25) is 14.0 Å². The van der Waals surface area contributed by atoms with E-state index in [1.807, 2.05) is 6.07 Å². The molecule has 22 heavy (non-hydrogen) atoms. The number of amides is 1. The van der Waals surface area contributed by atoms with E-state index in [1.165, 1.54) is 11.1 Å². The van der Waals surface area contributed by atoms with Gasteiger partial charge < -0.3 is 5.32 Å². The Morgan fingerprint density at radius 1 is 1.23 bits per heavy atom. The molecule has 1 amide bonds. The monoisotopic (exact) mass is 311 g/mol. The van der Waals surface area contributed by atoms with E-state index in [2.05, 4.69) is 10.3 Å². The SMILES string of the molecule is O=C(Nc1cnc2sc3c(n2c1=O)CCC3)c1ccccc1. The Morgan fingerprint density at radius 2 is 2.05 bits per heavy atom. The summed E-state index contributed by atoms with van der Waals surface area (Å²) in [6, 6.07) is 8.83. The number of hydrogen-bond donors (Lipinski definition) is 1. The number of fused-ring (bicyclic) bond motifs is 3. The van der Waals surface area contributed by atoms with Gasteiger partial charge >= 0.3 is 0 Å². The molecule has 0 unspecified atom stereocenters. The van der Waals surface area contributed by atoms with Gasteiger partial charge in [0.15, 0.2) is 4.96 Å². The van der Waals surface area contributed by atoms with E-state index in [0.29, 0.717) is 10.5 Å². The Hall–Kier alpha value is -2.47. The molecule has 110 valence electrons. The summed E-state index contributed by atoms with van der Waals surface area (Å²) in [5.41, 5.74) is 1.59. The number of aryl methyl sites for hydroxylation is 2. The van der Waals surface area contributed by atoms with Crippen LogP contribution in [-0.2, 0) is 12.8 Å². The number of carbonyl (C=O) groups excluding carboxylic acids is 1. The number of benzene rings is 1. The Bertz CT molecular complexity index is 928. The quantitative estimate of drug-likeness (QED) is 0.791. The highest BCUT2D eigenvalue weighted by molar-refractivity contribution is 7.17. The Labute approximate surface area is 130 Å². The van der Waals surface area contributed by atoms with Crippen molar-refractivity contribution in [3.05, 3.63) is 63.0 Å². The van der Waals surface area contributed by atoms with E-state index in [9.17, 15) is 9.59 Å². The van der Waals surface area contributed by atoms with Gasteiger partial charge in [-0.25, -0.2) is 4.98 Å². The molecular weight excluding hydrogens is 298 g/mol. The molecule has 1 aliphatic rings. The van der Waals surface area contributed by atoms with Crippen LogP contribution in [0.2, 0.25) is 0 Å². The smallest absolute Gasteiger partial charge is 0.282 e. The summed E-state index contributed by atoms with van der Waals surface area (Å²) in [5, 5.41) is 2.67. The molecule has 6 heteroatoms. The minimum Gasteiger partial charge on any atom is -0.316 e. The number of anilines is 1. The molecule has 0 aliphatic heterocycles. The third kappa shape index (κ3) is 2.03. The number of aromatic nitrogens is 2. The molecule has 5 nitrogen and oxygen atoms in total. The fourth-order valence-corrected chi connectivity index (χ4v) is 3.94. The van der Waals surface area contributed by atoms with E-state index in [-0.39, 0.29) is 17.2 Å². The van der Waals surface area contributed by atoms with E-state index in [1.54, 1.807) is 40.0 Å². The van der Waals surface area contributed by atoms with E-state index < -0.39 is 0 Å². The van der Waals surface area contributed by atoms with Gasteiger partial charge in [-0.05, 0) is 31.4 Å². The molecule has 1 N–H and O–H groups in total. The summed E-state index contributed by atoms with van der Waals surface area (Å²) >= 11 is 1.56. The third-order valence-electron chi connectivity index (χ3n) is 3.84. The molecular formula is C16H13N3O2S. The van der Waals surface area contributed by atoms with Gasteiger partial charge in [0.25, 0.3) is 11.5 Å². The zero-order valence-electron chi connectivity index (χ0n) is 11.7. The van der Waals surface area contributed by atoms with Gasteiger partial charge in [0.05, 0.1) is 6.20 Å². The van der Waals surface area contributed by atoms with Crippen molar-refractivity contribution >= 4 is 27.9 Å². The van der Waals surface area contributed by atoms with E-state index >= 15 is 0 Å². The average Bonchev–Trinajstić information content (AvgIpc) is 3.11. The lowest BCUT2D eigenvalue weighted by Gasteiger charge is -2.05. The lowest BCUT2D eigenvalue weighted by atomic mass is 10.2. The fraction of sp³-hybridized carbons (Fsp3) is 0.188. The van der Waals surface area contributed by atoms with Gasteiger partial charge in [-0.15, -0.1) is 11.3 Å². The number of rotatable bonds is 2. The first-order valence-electron chi connectivity index (χ1n) is 7.13. The zero-order valence-corrected chi connectivity index (χ0v) is 12.5. The number of nitrogens with zero attached hydrogens (tertiary/aromatic N) is 2. The molecule has 0 spiro atoms. The summed E-state index contributed by atoms with van der Waals surface area (Å²) in [4.78, 5) is 31.1. The van der Waals surface area contributed by atoms with E-state index in [4.69, 9.17) is 0 Å². The second-order valence-electron chi connectivity index (χ2n) is 5.24. The van der Waals surface area contributed by atoms with Gasteiger partial charge in [0, 0.05) is 16.1 Å². The minimum absolute atomic E-state index is 0.200. The van der Waals surface area contributed by atoms with Crippen LogP contribution in [0.5, 0.6) is 0 Å². The molecule has 0 fully saturated rings. The first-order chi connectivity index (χ1) is 10.7. The van der Waals surface area contributed by atoms with Crippen LogP contribution >= 0.6 is 11.3 Å². The molecule has 2 aromatic heterocycles. The highest BCUT2D eigenvalue weighted by Crippen LogP contribution is 2.29. The maximum atomic E-state index is 12.6. The van der Waals surface area contributed by atoms with Crippen LogP contribution in [0, 0.1) is 0 Å². The Kier molecular flexibility index (Phi) is 3.04. The van der Waals surface area contributed by atoms with Crippen LogP contribution in [0.4, 0.5) is 5.69 Å². The van der Waals surface area contributed by atoms with Gasteiger partial charge in [-0.2, -0.15) is 0 Å². The van der Waals surface area contributed by atoms with Crippen molar-refractivity contribution in [2.75, 3.05) is 5.32 Å². The summed E-state index contributed by atoms with van der Waals surface area (Å²) in [6.07, 6.45) is 4.43. The van der Waals surface area contributed by atoms with Crippen molar-refractivity contribution in [3.63, 3.8) is 0 Å². The second-order valence-corrected chi connectivity index (χ2v) is 6.30. The van der Waals surface area contributed by atoms with Crippen LogP contribution in [0.3, 0.4) is 0 Å². The lowest BCUT2D eigenvalue weighted by molar-refractivity contribution is 0.102. The molecule has 2 heterocycles. The maximum Gasteiger partial charge on any atom is 0.282 e. The van der Waals surface area contributed by atoms with E-state index in [0.717, 1.165) is 25.0 Å². The number of carbonyl (C=O) groups is 1. The molecule has 3 aromatic rings. The van der Waals surface area contributed by atoms with Gasteiger partial charge in [0.2, 0.25) is 0 Å². The molecule has 0 bridgehead atoms. The first kappa shape index (κ1) is 13.2. The molecule has 0 atom stereocenters. The molecule has 0 saturated heterocycles. The van der Waals surface area contributed by atoms with Crippen LogP contribution in [0.25, 0.3) is 4.96 Å². The Balaban J connectivity index is 1.75. The minimum atomic E-state index is -0.300. The maximum absolute atomic E-state index is 12.6. The molecule has 0 saturated carbocycles. The molecule has 0 radical (unpaired) electrons. The van der Waals surface area contributed by atoms with Crippen molar-refractivity contribution in [1.29, 1.82) is 0 Å². The van der Waals surface area contributed by atoms with Crippen molar-refractivity contribution in [3.8, 4) is 0 Å². The predicted octanol–water partition coefficient (Wildman–Crippen LogP) is 2.50. The molecule has 1 aliphatic carbocycles. The molecule has 1 aromatic carbocycles. The van der Waals surface area contributed by atoms with Crippen molar-refractivity contribution in [1.82, 2.24) is 9.38 Å². The van der Waals surface area contributed by atoms with Crippen LogP contribution in [-0.4, -0.2) is 15.3 Å². The van der Waals surface area contributed by atoms with Crippen LogP contribution in [0.15, 0.2) is 41.3 Å². The van der Waals surface area contributed by atoms with Crippen LogP contribution < -0.4 is 10.9 Å². The normalized spacial score (nSPS) is 13.3. The molecule has 4 rings (SSSR count). The summed E-state index contributed by atoms with van der Waals surface area (Å²) in [5.74, 6) is -0.300.